The molecule has 0 saturated heterocycles. The van der Waals surface area contributed by atoms with E-state index >= 15 is 0 Å². The van der Waals surface area contributed by atoms with Gasteiger partial charge in [-0.2, -0.15) is 0 Å². The van der Waals surface area contributed by atoms with E-state index in [1.165, 1.54) is 0 Å². The van der Waals surface area contributed by atoms with Gasteiger partial charge in [-0.15, -0.1) is 0 Å². The number of unbranched alkanes of at least 4 members (excludes halogenated alkanes) is 1. The first kappa shape index (κ1) is 18.9. The van der Waals surface area contributed by atoms with Crippen molar-refractivity contribution in [2.75, 3.05) is 11.9 Å². The van der Waals surface area contributed by atoms with Gasteiger partial charge in [-0.25, -0.2) is 9.97 Å². The van der Waals surface area contributed by atoms with Crippen molar-refractivity contribution in [2.45, 2.75) is 53.1 Å². The Balaban J connectivity index is 2.20. The third-order valence-corrected chi connectivity index (χ3v) is 3.97. The second kappa shape index (κ2) is 9.16. The van der Waals surface area contributed by atoms with Crippen molar-refractivity contribution in [3.05, 3.63) is 53.5 Å². The lowest BCUT2D eigenvalue weighted by molar-refractivity contribution is 0.0684. The smallest absolute Gasteiger partial charge is 0.273 e. The minimum Gasteiger partial charge on any atom is -0.370 e. The third-order valence-electron chi connectivity index (χ3n) is 3.97. The number of carbonyl (C=O) groups excluding carboxylic acids is 1. The average molecular weight is 340 g/mol. The van der Waals surface area contributed by atoms with Gasteiger partial charge in [0.25, 0.3) is 5.91 Å². The Kier molecular flexibility index (Phi) is 6.92. The molecule has 1 amide bonds. The molecule has 0 aliphatic rings. The van der Waals surface area contributed by atoms with E-state index in [-0.39, 0.29) is 11.9 Å². The van der Waals surface area contributed by atoms with Crippen molar-refractivity contribution < 1.29 is 4.79 Å². The van der Waals surface area contributed by atoms with Crippen LogP contribution in [0.1, 0.15) is 55.5 Å². The fourth-order valence-corrected chi connectivity index (χ4v) is 2.58. The van der Waals surface area contributed by atoms with Gasteiger partial charge in [-0.05, 0) is 32.8 Å². The molecule has 0 saturated carbocycles. The molecule has 0 radical (unpaired) electrons. The highest BCUT2D eigenvalue weighted by Gasteiger charge is 2.21. The van der Waals surface area contributed by atoms with Crippen LogP contribution in [0.5, 0.6) is 0 Å². The van der Waals surface area contributed by atoms with Gasteiger partial charge >= 0.3 is 0 Å². The Morgan fingerprint density at radius 2 is 1.92 bits per heavy atom. The predicted molar refractivity (Wildman–Crippen MR) is 102 cm³/mol. The zero-order chi connectivity index (χ0) is 18.2. The number of hydrogen-bond acceptors (Lipinski definition) is 4. The van der Waals surface area contributed by atoms with E-state index in [0.717, 1.165) is 24.9 Å². The number of nitrogens with zero attached hydrogens (tertiary/aromatic N) is 3. The first-order chi connectivity index (χ1) is 12.0. The van der Waals surface area contributed by atoms with E-state index in [4.69, 9.17) is 0 Å². The van der Waals surface area contributed by atoms with Crippen LogP contribution in [0.15, 0.2) is 36.4 Å². The fraction of sp³-hybridized carbons (Fsp3) is 0.450. The van der Waals surface area contributed by atoms with E-state index in [1.807, 2.05) is 56.0 Å². The summed E-state index contributed by atoms with van der Waals surface area (Å²) in [4.78, 5) is 23.6. The topological polar surface area (TPSA) is 58.1 Å². The van der Waals surface area contributed by atoms with Crippen molar-refractivity contribution in [1.82, 2.24) is 14.9 Å². The molecule has 1 N–H and O–H groups in total. The molecule has 2 aromatic rings. The maximum atomic E-state index is 13.0. The van der Waals surface area contributed by atoms with Crippen LogP contribution in [0.3, 0.4) is 0 Å². The van der Waals surface area contributed by atoms with Crippen molar-refractivity contribution in [3.63, 3.8) is 0 Å². The molecule has 0 atom stereocenters. The van der Waals surface area contributed by atoms with Crippen LogP contribution in [0.4, 0.5) is 5.82 Å². The van der Waals surface area contributed by atoms with Gasteiger partial charge < -0.3 is 10.2 Å². The zero-order valence-electron chi connectivity index (χ0n) is 15.6. The number of carbonyl (C=O) groups is 1. The number of anilines is 1. The Bertz CT molecular complexity index is 685. The van der Waals surface area contributed by atoms with Gasteiger partial charge in [0.2, 0.25) is 0 Å². The molecule has 0 unspecified atom stereocenters. The highest BCUT2D eigenvalue weighted by Crippen LogP contribution is 2.15. The van der Waals surface area contributed by atoms with Crippen molar-refractivity contribution >= 4 is 11.7 Å². The van der Waals surface area contributed by atoms with Gasteiger partial charge in [0, 0.05) is 25.2 Å². The minimum atomic E-state index is -0.0668. The standard InChI is InChI=1S/C20H28N4O/c1-5-6-12-21-19-13-18(22-16(4)23-19)20(25)24(15(2)3)14-17-10-8-7-9-11-17/h7-11,13,15H,5-6,12,14H2,1-4H3,(H,21,22,23). The summed E-state index contributed by atoms with van der Waals surface area (Å²) in [6, 6.07) is 11.9. The van der Waals surface area contributed by atoms with Crippen molar-refractivity contribution in [1.29, 1.82) is 0 Å². The van der Waals surface area contributed by atoms with Crippen LogP contribution in [-0.4, -0.2) is 33.4 Å². The summed E-state index contributed by atoms with van der Waals surface area (Å²) in [5.41, 5.74) is 1.55. The number of aromatic nitrogens is 2. The lowest BCUT2D eigenvalue weighted by Crippen LogP contribution is -2.37. The lowest BCUT2D eigenvalue weighted by Gasteiger charge is -2.26. The molecular weight excluding hydrogens is 312 g/mol. The van der Waals surface area contributed by atoms with Crippen molar-refractivity contribution in [3.8, 4) is 0 Å². The SMILES string of the molecule is CCCCNc1cc(C(=O)N(Cc2ccccc2)C(C)C)nc(C)n1. The van der Waals surface area contributed by atoms with Gasteiger partial charge in [0.15, 0.2) is 0 Å². The van der Waals surface area contributed by atoms with E-state index < -0.39 is 0 Å². The Hall–Kier alpha value is -2.43. The van der Waals surface area contributed by atoms with Crippen LogP contribution in [0, 0.1) is 6.92 Å². The number of nitrogens with one attached hydrogen (secondary N) is 1. The molecule has 1 aromatic heterocycles. The molecule has 0 fully saturated rings. The summed E-state index contributed by atoms with van der Waals surface area (Å²) in [6.45, 7) is 9.42. The molecule has 5 nitrogen and oxygen atoms in total. The largest absolute Gasteiger partial charge is 0.370 e. The molecule has 25 heavy (non-hydrogen) atoms. The van der Waals surface area contributed by atoms with Crippen molar-refractivity contribution in [2.24, 2.45) is 0 Å². The molecule has 0 bridgehead atoms. The number of aryl methyl sites for hydroxylation is 1. The van der Waals surface area contributed by atoms with Gasteiger partial charge in [-0.1, -0.05) is 43.7 Å². The number of rotatable bonds is 8. The Morgan fingerprint density at radius 3 is 2.56 bits per heavy atom. The van der Waals surface area contributed by atoms with Crippen LogP contribution < -0.4 is 5.32 Å². The molecule has 1 heterocycles. The molecular formula is C20H28N4O. The molecule has 0 aliphatic heterocycles. The zero-order valence-corrected chi connectivity index (χ0v) is 15.6. The van der Waals surface area contributed by atoms with E-state index in [9.17, 15) is 4.79 Å². The average Bonchev–Trinajstić information content (AvgIpc) is 2.59. The minimum absolute atomic E-state index is 0.0668. The fourth-order valence-electron chi connectivity index (χ4n) is 2.58. The van der Waals surface area contributed by atoms with Crippen LogP contribution in [0.2, 0.25) is 0 Å². The summed E-state index contributed by atoms with van der Waals surface area (Å²) in [5.74, 6) is 1.25. The van der Waals surface area contributed by atoms with E-state index in [1.54, 1.807) is 6.07 Å². The second-order valence-electron chi connectivity index (χ2n) is 6.48. The number of benzene rings is 1. The van der Waals surface area contributed by atoms with Gasteiger partial charge in [-0.3, -0.25) is 4.79 Å². The van der Waals surface area contributed by atoms with E-state index in [0.29, 0.717) is 23.9 Å². The molecule has 5 heteroatoms. The maximum Gasteiger partial charge on any atom is 0.273 e. The molecule has 0 aliphatic carbocycles. The highest BCUT2D eigenvalue weighted by molar-refractivity contribution is 5.93. The quantitative estimate of drug-likeness (QED) is 0.737. The monoisotopic (exact) mass is 340 g/mol. The predicted octanol–water partition coefficient (Wildman–Crippen LogP) is 4.05. The van der Waals surface area contributed by atoms with Crippen LogP contribution in [-0.2, 0) is 6.54 Å². The summed E-state index contributed by atoms with van der Waals surface area (Å²) < 4.78 is 0. The Morgan fingerprint density at radius 1 is 1.20 bits per heavy atom. The first-order valence-corrected chi connectivity index (χ1v) is 8.95. The second-order valence-corrected chi connectivity index (χ2v) is 6.48. The summed E-state index contributed by atoms with van der Waals surface area (Å²) in [5, 5.41) is 3.28. The number of amides is 1. The van der Waals surface area contributed by atoms with Crippen LogP contribution in [0.25, 0.3) is 0 Å². The lowest BCUT2D eigenvalue weighted by atomic mass is 10.1. The number of hydrogen-bond donors (Lipinski definition) is 1. The van der Waals surface area contributed by atoms with Gasteiger partial charge in [0.1, 0.15) is 17.3 Å². The summed E-state index contributed by atoms with van der Waals surface area (Å²) >= 11 is 0. The normalized spacial score (nSPS) is 10.8. The summed E-state index contributed by atoms with van der Waals surface area (Å²) in [7, 11) is 0. The summed E-state index contributed by atoms with van der Waals surface area (Å²) in [6.07, 6.45) is 2.18. The van der Waals surface area contributed by atoms with Gasteiger partial charge in [0.05, 0.1) is 0 Å². The maximum absolute atomic E-state index is 13.0. The molecule has 1 aromatic carbocycles. The third kappa shape index (κ3) is 5.55. The van der Waals surface area contributed by atoms with Crippen LogP contribution >= 0.6 is 0 Å². The highest BCUT2D eigenvalue weighted by atomic mass is 16.2. The molecule has 0 spiro atoms. The first-order valence-electron chi connectivity index (χ1n) is 8.95. The Labute approximate surface area is 150 Å². The molecule has 134 valence electrons. The molecule has 2 rings (SSSR count). The van der Waals surface area contributed by atoms with E-state index in [2.05, 4.69) is 22.2 Å².